The third-order valence-electron chi connectivity index (χ3n) is 5.26. The van der Waals surface area contributed by atoms with Crippen molar-refractivity contribution in [2.45, 2.75) is 50.7 Å². The number of rotatable bonds is 3. The van der Waals surface area contributed by atoms with Crippen molar-refractivity contribution >= 4 is 16.5 Å². The van der Waals surface area contributed by atoms with Crippen LogP contribution in [0.25, 0.3) is 10.8 Å². The zero-order chi connectivity index (χ0) is 14.2. The van der Waals surface area contributed by atoms with Crippen LogP contribution in [0.5, 0.6) is 0 Å². The van der Waals surface area contributed by atoms with Crippen LogP contribution in [0.4, 0.5) is 5.69 Å². The zero-order valence-corrected chi connectivity index (χ0v) is 12.8. The van der Waals surface area contributed by atoms with E-state index in [0.29, 0.717) is 0 Å². The summed E-state index contributed by atoms with van der Waals surface area (Å²) in [5.41, 5.74) is 1.43. The molecule has 2 heterocycles. The molecule has 2 aromatic carbocycles. The highest BCUT2D eigenvalue weighted by Crippen LogP contribution is 2.40. The molecule has 2 saturated heterocycles. The predicted molar refractivity (Wildman–Crippen MR) is 89.9 cm³/mol. The van der Waals surface area contributed by atoms with E-state index in [1.807, 2.05) is 0 Å². The van der Waals surface area contributed by atoms with Crippen LogP contribution in [-0.2, 0) is 0 Å². The van der Waals surface area contributed by atoms with Gasteiger partial charge in [-0.15, -0.1) is 0 Å². The molecule has 2 heteroatoms. The molecule has 2 fully saturated rings. The standard InChI is InChI=1S/C19H24N2/c1-2-20-16-12-18-9-10-19(13-16)21(18)17-8-7-14-5-3-4-6-15(14)11-17/h3-8,11,16,18-20H,2,9-10,12-13H2,1H3. The first-order valence-electron chi connectivity index (χ1n) is 8.35. The molecule has 1 N–H and O–H groups in total. The maximum Gasteiger partial charge on any atom is 0.0377 e. The number of benzene rings is 2. The number of anilines is 1. The summed E-state index contributed by atoms with van der Waals surface area (Å²) in [6.45, 7) is 3.32. The van der Waals surface area contributed by atoms with Crippen molar-refractivity contribution in [1.82, 2.24) is 5.32 Å². The Labute approximate surface area is 127 Å². The van der Waals surface area contributed by atoms with Crippen LogP contribution in [0.3, 0.4) is 0 Å². The van der Waals surface area contributed by atoms with Gasteiger partial charge < -0.3 is 10.2 Å². The molecule has 2 aliphatic rings. The summed E-state index contributed by atoms with van der Waals surface area (Å²) in [6.07, 6.45) is 5.33. The first-order chi connectivity index (χ1) is 10.3. The Bertz CT molecular complexity index is 622. The van der Waals surface area contributed by atoms with Gasteiger partial charge in [0.05, 0.1) is 0 Å². The molecule has 0 aliphatic carbocycles. The lowest BCUT2D eigenvalue weighted by atomic mass is 9.96. The number of nitrogens with zero attached hydrogens (tertiary/aromatic N) is 1. The van der Waals surface area contributed by atoms with Gasteiger partial charge in [0.2, 0.25) is 0 Å². The molecular formula is C19H24N2. The molecule has 2 atom stereocenters. The Kier molecular flexibility index (Phi) is 3.34. The van der Waals surface area contributed by atoms with Gasteiger partial charge in [-0.25, -0.2) is 0 Å². The molecule has 2 nitrogen and oxygen atoms in total. The summed E-state index contributed by atoms with van der Waals surface area (Å²) in [7, 11) is 0. The molecule has 0 amide bonds. The molecule has 0 radical (unpaired) electrons. The lowest BCUT2D eigenvalue weighted by Gasteiger charge is -2.41. The fourth-order valence-electron chi connectivity index (χ4n) is 4.39. The Hall–Kier alpha value is -1.54. The molecule has 2 aliphatic heterocycles. The number of hydrogen-bond acceptors (Lipinski definition) is 2. The number of hydrogen-bond donors (Lipinski definition) is 1. The van der Waals surface area contributed by atoms with Gasteiger partial charge in [-0.1, -0.05) is 37.3 Å². The van der Waals surface area contributed by atoms with Crippen LogP contribution in [0, 0.1) is 0 Å². The van der Waals surface area contributed by atoms with E-state index in [0.717, 1.165) is 24.7 Å². The highest BCUT2D eigenvalue weighted by Gasteiger charge is 2.40. The zero-order valence-electron chi connectivity index (χ0n) is 12.8. The summed E-state index contributed by atoms with van der Waals surface area (Å²) in [5.74, 6) is 0. The minimum atomic E-state index is 0.726. The second-order valence-corrected chi connectivity index (χ2v) is 6.55. The van der Waals surface area contributed by atoms with Crippen LogP contribution in [0.15, 0.2) is 42.5 Å². The van der Waals surface area contributed by atoms with Gasteiger partial charge in [0.15, 0.2) is 0 Å². The molecule has 0 spiro atoms. The average molecular weight is 280 g/mol. The highest BCUT2D eigenvalue weighted by atomic mass is 15.2. The van der Waals surface area contributed by atoms with Gasteiger partial charge in [0.1, 0.15) is 0 Å². The fourth-order valence-corrected chi connectivity index (χ4v) is 4.39. The maximum atomic E-state index is 3.66. The van der Waals surface area contributed by atoms with Crippen molar-refractivity contribution in [1.29, 1.82) is 0 Å². The molecule has 0 saturated carbocycles. The van der Waals surface area contributed by atoms with Gasteiger partial charge in [0.25, 0.3) is 0 Å². The molecule has 2 bridgehead atoms. The van der Waals surface area contributed by atoms with E-state index >= 15 is 0 Å². The summed E-state index contributed by atoms with van der Waals surface area (Å²) in [4.78, 5) is 2.71. The van der Waals surface area contributed by atoms with Crippen LogP contribution in [0.2, 0.25) is 0 Å². The Morgan fingerprint density at radius 2 is 1.71 bits per heavy atom. The van der Waals surface area contributed by atoms with E-state index < -0.39 is 0 Å². The summed E-state index contributed by atoms with van der Waals surface area (Å²) >= 11 is 0. The molecule has 0 aromatic heterocycles. The van der Waals surface area contributed by atoms with E-state index in [4.69, 9.17) is 0 Å². The van der Waals surface area contributed by atoms with Crippen molar-refractivity contribution < 1.29 is 0 Å². The van der Waals surface area contributed by atoms with Gasteiger partial charge in [-0.3, -0.25) is 0 Å². The molecule has 4 rings (SSSR count). The normalized spacial score (nSPS) is 28.2. The smallest absolute Gasteiger partial charge is 0.0377 e. The van der Waals surface area contributed by atoms with Crippen molar-refractivity contribution in [3.8, 4) is 0 Å². The Morgan fingerprint density at radius 1 is 1.00 bits per heavy atom. The van der Waals surface area contributed by atoms with E-state index in [2.05, 4.69) is 59.6 Å². The second-order valence-electron chi connectivity index (χ2n) is 6.55. The molecule has 21 heavy (non-hydrogen) atoms. The van der Waals surface area contributed by atoms with E-state index in [-0.39, 0.29) is 0 Å². The summed E-state index contributed by atoms with van der Waals surface area (Å²) in [6, 6.07) is 17.9. The molecule has 2 unspecified atom stereocenters. The predicted octanol–water partition coefficient (Wildman–Crippen LogP) is 3.95. The minimum absolute atomic E-state index is 0.726. The van der Waals surface area contributed by atoms with Gasteiger partial charge in [-0.2, -0.15) is 0 Å². The van der Waals surface area contributed by atoms with E-state index in [1.54, 1.807) is 0 Å². The topological polar surface area (TPSA) is 15.3 Å². The van der Waals surface area contributed by atoms with Crippen molar-refractivity contribution in [2.75, 3.05) is 11.4 Å². The maximum absolute atomic E-state index is 3.66. The van der Waals surface area contributed by atoms with Crippen LogP contribution in [0.1, 0.15) is 32.6 Å². The second kappa shape index (κ2) is 5.34. The molecule has 110 valence electrons. The van der Waals surface area contributed by atoms with Gasteiger partial charge >= 0.3 is 0 Å². The summed E-state index contributed by atoms with van der Waals surface area (Å²) in [5, 5.41) is 6.37. The third-order valence-corrected chi connectivity index (χ3v) is 5.26. The Balaban J connectivity index is 1.63. The van der Waals surface area contributed by atoms with E-state index in [9.17, 15) is 0 Å². The van der Waals surface area contributed by atoms with Gasteiger partial charge in [0, 0.05) is 23.8 Å². The number of piperidine rings is 1. The minimum Gasteiger partial charge on any atom is -0.365 e. The quantitative estimate of drug-likeness (QED) is 0.916. The van der Waals surface area contributed by atoms with Gasteiger partial charge in [-0.05, 0) is 55.1 Å². The lowest BCUT2D eigenvalue weighted by Crippen LogP contribution is -2.49. The first-order valence-corrected chi connectivity index (χ1v) is 8.35. The first kappa shape index (κ1) is 13.1. The highest BCUT2D eigenvalue weighted by molar-refractivity contribution is 5.86. The van der Waals surface area contributed by atoms with E-state index in [1.165, 1.54) is 42.1 Å². The summed E-state index contributed by atoms with van der Waals surface area (Å²) < 4.78 is 0. The SMILES string of the molecule is CCNC1CC2CCC(C1)N2c1ccc2ccccc2c1. The monoisotopic (exact) mass is 280 g/mol. The van der Waals surface area contributed by atoms with Crippen LogP contribution in [-0.4, -0.2) is 24.7 Å². The fraction of sp³-hybridized carbons (Fsp3) is 0.474. The van der Waals surface area contributed by atoms with Crippen molar-refractivity contribution in [3.05, 3.63) is 42.5 Å². The van der Waals surface area contributed by atoms with Crippen LogP contribution >= 0.6 is 0 Å². The van der Waals surface area contributed by atoms with Crippen LogP contribution < -0.4 is 10.2 Å². The third kappa shape index (κ3) is 2.32. The number of fused-ring (bicyclic) bond motifs is 3. The Morgan fingerprint density at radius 3 is 2.43 bits per heavy atom. The lowest BCUT2D eigenvalue weighted by molar-refractivity contribution is 0.361. The largest absolute Gasteiger partial charge is 0.365 e. The van der Waals surface area contributed by atoms with Crippen molar-refractivity contribution in [3.63, 3.8) is 0 Å². The molecule has 2 aromatic rings. The molecular weight excluding hydrogens is 256 g/mol. The average Bonchev–Trinajstić information content (AvgIpc) is 2.78. The van der Waals surface area contributed by atoms with Crippen molar-refractivity contribution in [2.24, 2.45) is 0 Å². The number of nitrogens with one attached hydrogen (secondary N) is 1.